The van der Waals surface area contributed by atoms with E-state index in [2.05, 4.69) is 24.2 Å². The van der Waals surface area contributed by atoms with E-state index in [1.165, 1.54) is 0 Å². The Morgan fingerprint density at radius 2 is 2.22 bits per heavy atom. The van der Waals surface area contributed by atoms with Crippen LogP contribution in [-0.4, -0.2) is 19.3 Å². The van der Waals surface area contributed by atoms with Crippen molar-refractivity contribution in [1.82, 2.24) is 5.32 Å². The largest absolute Gasteiger partial charge is 0.490 e. The number of ether oxygens (including phenoxy) is 2. The number of hydrogen-bond donors (Lipinski definition) is 1. The van der Waals surface area contributed by atoms with E-state index in [4.69, 9.17) is 15.9 Å². The molecule has 1 heterocycles. The predicted octanol–water partition coefficient (Wildman–Crippen LogP) is 2.35. The maximum atomic E-state index is 5.77. The Morgan fingerprint density at radius 1 is 1.39 bits per heavy atom. The Bertz CT molecular complexity index is 437. The first-order valence-electron chi connectivity index (χ1n) is 6.35. The van der Waals surface area contributed by atoms with E-state index in [1.807, 2.05) is 12.1 Å². The molecule has 0 radical (unpaired) electrons. The Kier molecular flexibility index (Phi) is 4.49. The van der Waals surface area contributed by atoms with Crippen LogP contribution in [0.15, 0.2) is 18.2 Å². The molecule has 0 aromatic heterocycles. The fourth-order valence-corrected chi connectivity index (χ4v) is 1.93. The van der Waals surface area contributed by atoms with Gasteiger partial charge in [0.05, 0.1) is 13.2 Å². The lowest BCUT2D eigenvalue weighted by Crippen LogP contribution is -2.25. The highest BCUT2D eigenvalue weighted by Crippen LogP contribution is 2.33. The molecule has 2 rings (SSSR count). The highest BCUT2D eigenvalue weighted by Gasteiger charge is 2.14. The number of para-hydroxylation sites is 1. The molecule has 1 N–H and O–H groups in total. The van der Waals surface area contributed by atoms with E-state index in [0.717, 1.165) is 43.1 Å². The van der Waals surface area contributed by atoms with E-state index >= 15 is 0 Å². The molecule has 0 bridgehead atoms. The summed E-state index contributed by atoms with van der Waals surface area (Å²) < 4.78 is 11.4. The van der Waals surface area contributed by atoms with Crippen molar-refractivity contribution in [1.29, 1.82) is 0 Å². The molecular formula is C15H19NO2. The van der Waals surface area contributed by atoms with Gasteiger partial charge >= 0.3 is 0 Å². The highest BCUT2D eigenvalue weighted by atomic mass is 16.5. The van der Waals surface area contributed by atoms with Crippen LogP contribution in [0.4, 0.5) is 0 Å². The number of fused-ring (bicyclic) bond motifs is 1. The standard InChI is InChI=1S/C15H19NO2/c1-3-6-12(2)16-11-13-7-4-8-14-15(13)18-10-5-9-17-14/h1,4,7-8,12,16H,5-6,9-11H2,2H3. The van der Waals surface area contributed by atoms with Gasteiger partial charge in [-0.3, -0.25) is 0 Å². The van der Waals surface area contributed by atoms with Gasteiger partial charge in [0.15, 0.2) is 11.5 Å². The summed E-state index contributed by atoms with van der Waals surface area (Å²) in [6.07, 6.45) is 6.95. The molecule has 96 valence electrons. The zero-order valence-corrected chi connectivity index (χ0v) is 10.7. The van der Waals surface area contributed by atoms with Crippen LogP contribution in [0.2, 0.25) is 0 Å². The molecule has 1 aliphatic heterocycles. The van der Waals surface area contributed by atoms with Crippen LogP contribution in [-0.2, 0) is 6.54 Å². The smallest absolute Gasteiger partial charge is 0.165 e. The summed E-state index contributed by atoms with van der Waals surface area (Å²) in [5.74, 6) is 4.37. The molecule has 3 heteroatoms. The molecule has 0 amide bonds. The Balaban J connectivity index is 2.06. The second-order valence-corrected chi connectivity index (χ2v) is 4.49. The third kappa shape index (κ3) is 3.18. The minimum atomic E-state index is 0.303. The molecule has 1 aliphatic rings. The van der Waals surface area contributed by atoms with Gasteiger partial charge in [-0.15, -0.1) is 12.3 Å². The molecule has 1 unspecified atom stereocenters. The Morgan fingerprint density at radius 3 is 3.06 bits per heavy atom. The highest BCUT2D eigenvalue weighted by molar-refractivity contribution is 5.47. The van der Waals surface area contributed by atoms with Crippen molar-refractivity contribution in [2.75, 3.05) is 13.2 Å². The molecule has 0 fully saturated rings. The van der Waals surface area contributed by atoms with Gasteiger partial charge in [0.2, 0.25) is 0 Å². The molecule has 1 atom stereocenters. The van der Waals surface area contributed by atoms with Gasteiger partial charge in [0.1, 0.15) is 0 Å². The van der Waals surface area contributed by atoms with Gasteiger partial charge in [0, 0.05) is 31.0 Å². The van der Waals surface area contributed by atoms with Crippen molar-refractivity contribution in [3.05, 3.63) is 23.8 Å². The van der Waals surface area contributed by atoms with Crippen molar-refractivity contribution in [2.45, 2.75) is 32.4 Å². The van der Waals surface area contributed by atoms with Crippen molar-refractivity contribution in [3.8, 4) is 23.8 Å². The molecule has 18 heavy (non-hydrogen) atoms. The molecule has 0 spiro atoms. The third-order valence-electron chi connectivity index (χ3n) is 2.92. The minimum Gasteiger partial charge on any atom is -0.490 e. The average molecular weight is 245 g/mol. The lowest BCUT2D eigenvalue weighted by Gasteiger charge is -2.15. The molecular weight excluding hydrogens is 226 g/mol. The monoisotopic (exact) mass is 245 g/mol. The molecule has 0 aliphatic carbocycles. The maximum absolute atomic E-state index is 5.77. The van der Waals surface area contributed by atoms with E-state index in [1.54, 1.807) is 0 Å². The summed E-state index contributed by atoms with van der Waals surface area (Å²) in [5, 5.41) is 3.39. The lowest BCUT2D eigenvalue weighted by atomic mass is 10.1. The number of benzene rings is 1. The molecule has 1 aromatic rings. The molecule has 0 saturated carbocycles. The maximum Gasteiger partial charge on any atom is 0.165 e. The predicted molar refractivity (Wildman–Crippen MR) is 71.8 cm³/mol. The molecule has 3 nitrogen and oxygen atoms in total. The lowest BCUT2D eigenvalue weighted by molar-refractivity contribution is 0.295. The zero-order valence-electron chi connectivity index (χ0n) is 10.7. The van der Waals surface area contributed by atoms with Crippen LogP contribution in [0.25, 0.3) is 0 Å². The van der Waals surface area contributed by atoms with E-state index in [9.17, 15) is 0 Å². The number of hydrogen-bond acceptors (Lipinski definition) is 3. The minimum absolute atomic E-state index is 0.303. The first-order valence-corrected chi connectivity index (χ1v) is 6.35. The number of rotatable bonds is 4. The fraction of sp³-hybridized carbons (Fsp3) is 0.467. The van der Waals surface area contributed by atoms with Crippen LogP contribution in [0.5, 0.6) is 11.5 Å². The summed E-state index contributed by atoms with van der Waals surface area (Å²) in [5.41, 5.74) is 1.12. The first kappa shape index (κ1) is 12.8. The normalized spacial score (nSPS) is 15.6. The zero-order chi connectivity index (χ0) is 12.8. The summed E-state index contributed by atoms with van der Waals surface area (Å²) >= 11 is 0. The molecule has 0 saturated heterocycles. The molecule has 1 aromatic carbocycles. The number of nitrogens with one attached hydrogen (secondary N) is 1. The topological polar surface area (TPSA) is 30.5 Å². The summed E-state index contributed by atoms with van der Waals surface area (Å²) in [6, 6.07) is 6.31. The van der Waals surface area contributed by atoms with Gasteiger partial charge in [-0.2, -0.15) is 0 Å². The Labute approximate surface area is 108 Å². The fourth-order valence-electron chi connectivity index (χ4n) is 1.93. The second-order valence-electron chi connectivity index (χ2n) is 4.49. The van der Waals surface area contributed by atoms with Gasteiger partial charge < -0.3 is 14.8 Å². The van der Waals surface area contributed by atoms with Gasteiger partial charge in [0.25, 0.3) is 0 Å². The van der Waals surface area contributed by atoms with Crippen LogP contribution in [0.1, 0.15) is 25.3 Å². The second kappa shape index (κ2) is 6.32. The van der Waals surface area contributed by atoms with Crippen molar-refractivity contribution < 1.29 is 9.47 Å². The van der Waals surface area contributed by atoms with E-state index < -0.39 is 0 Å². The Hall–Kier alpha value is -1.66. The van der Waals surface area contributed by atoms with Crippen LogP contribution < -0.4 is 14.8 Å². The summed E-state index contributed by atoms with van der Waals surface area (Å²) in [4.78, 5) is 0. The van der Waals surface area contributed by atoms with Crippen molar-refractivity contribution in [3.63, 3.8) is 0 Å². The van der Waals surface area contributed by atoms with E-state index in [-0.39, 0.29) is 0 Å². The van der Waals surface area contributed by atoms with Crippen LogP contribution >= 0.6 is 0 Å². The number of terminal acetylenes is 1. The third-order valence-corrected chi connectivity index (χ3v) is 2.92. The van der Waals surface area contributed by atoms with Gasteiger partial charge in [-0.25, -0.2) is 0 Å². The first-order chi connectivity index (χ1) is 8.81. The summed E-state index contributed by atoms with van der Waals surface area (Å²) in [6.45, 7) is 4.26. The van der Waals surface area contributed by atoms with Crippen LogP contribution in [0.3, 0.4) is 0 Å². The van der Waals surface area contributed by atoms with Gasteiger partial charge in [-0.1, -0.05) is 12.1 Å². The van der Waals surface area contributed by atoms with E-state index in [0.29, 0.717) is 12.6 Å². The van der Waals surface area contributed by atoms with Crippen LogP contribution in [0, 0.1) is 12.3 Å². The van der Waals surface area contributed by atoms with Gasteiger partial charge in [-0.05, 0) is 13.0 Å². The quantitative estimate of drug-likeness (QED) is 0.826. The van der Waals surface area contributed by atoms with Crippen molar-refractivity contribution >= 4 is 0 Å². The summed E-state index contributed by atoms with van der Waals surface area (Å²) in [7, 11) is 0. The average Bonchev–Trinajstić information content (AvgIpc) is 2.62. The van der Waals surface area contributed by atoms with Crippen molar-refractivity contribution in [2.24, 2.45) is 0 Å². The SMILES string of the molecule is C#CCC(C)NCc1cccc2c1OCCCO2.